The highest BCUT2D eigenvalue weighted by atomic mass is 16.5. The zero-order valence-corrected chi connectivity index (χ0v) is 72.0. The van der Waals surface area contributed by atoms with Crippen LogP contribution in [0.3, 0.4) is 0 Å². The van der Waals surface area contributed by atoms with Crippen molar-refractivity contribution in [2.45, 2.75) is 427 Å². The molecule has 0 radical (unpaired) electrons. The monoisotopic (exact) mass is 1510 g/mol. The Labute approximate surface area is 678 Å². The van der Waals surface area contributed by atoms with E-state index in [1.165, 1.54) is 347 Å². The van der Waals surface area contributed by atoms with Gasteiger partial charge in [0.1, 0.15) is 0 Å². The lowest BCUT2D eigenvalue weighted by Crippen LogP contribution is -2.07. The molecule has 0 heterocycles. The van der Waals surface area contributed by atoms with Gasteiger partial charge in [0.2, 0.25) is 11.5 Å². The molecular weight excluding hydrogens is 1350 g/mol. The molecule has 0 saturated heterocycles. The lowest BCUT2D eigenvalue weighted by molar-refractivity contribution is 0.234. The van der Waals surface area contributed by atoms with E-state index >= 15 is 0 Å². The molecule has 0 amide bonds. The average Bonchev–Trinajstić information content (AvgIpc) is 0.828. The fourth-order valence-electron chi connectivity index (χ4n) is 14.4. The van der Waals surface area contributed by atoms with Crippen LogP contribution in [-0.2, 0) is 0 Å². The van der Waals surface area contributed by atoms with Gasteiger partial charge in [0.05, 0.1) is 39.6 Å². The van der Waals surface area contributed by atoms with Gasteiger partial charge in [0.15, 0.2) is 23.0 Å². The molecule has 0 atom stereocenters. The van der Waals surface area contributed by atoms with Crippen molar-refractivity contribution in [3.8, 4) is 81.9 Å². The second-order valence-electron chi connectivity index (χ2n) is 31.9. The second kappa shape index (κ2) is 71.9. The summed E-state index contributed by atoms with van der Waals surface area (Å²) in [6, 6.07) is 24.6. The van der Waals surface area contributed by atoms with Crippen LogP contribution >= 0.6 is 0 Å². The third-order valence-electron chi connectivity index (χ3n) is 21.5. The van der Waals surface area contributed by atoms with E-state index in [2.05, 4.69) is 113 Å². The molecule has 0 spiro atoms. The van der Waals surface area contributed by atoms with Gasteiger partial charge in [-0.1, -0.05) is 424 Å². The Morgan fingerprint density at radius 3 is 0.491 bits per heavy atom. The van der Waals surface area contributed by atoms with Crippen LogP contribution in [0.25, 0.3) is 0 Å². The summed E-state index contributed by atoms with van der Waals surface area (Å²) in [5.74, 6) is 31.1. The highest BCUT2D eigenvalue weighted by molar-refractivity contribution is 5.60. The Kier molecular flexibility index (Phi) is 63.0. The van der Waals surface area contributed by atoms with Crippen molar-refractivity contribution in [3.05, 3.63) is 106 Å². The van der Waals surface area contributed by atoms with Crippen molar-refractivity contribution in [3.63, 3.8) is 0 Å². The van der Waals surface area contributed by atoms with E-state index in [-0.39, 0.29) is 0 Å². The van der Waals surface area contributed by atoms with Crippen LogP contribution in [0.2, 0.25) is 0 Å². The molecule has 0 bridgehead atoms. The van der Waals surface area contributed by atoms with Gasteiger partial charge in [0.25, 0.3) is 0 Å². The van der Waals surface area contributed by atoms with Gasteiger partial charge in [-0.05, 0) is 123 Å². The Balaban J connectivity index is 1.49. The largest absolute Gasteiger partial charge is 0.490 e. The van der Waals surface area contributed by atoms with Gasteiger partial charge in [-0.15, -0.1) is 0 Å². The summed E-state index contributed by atoms with van der Waals surface area (Å²) in [5, 5.41) is 0. The molecule has 0 N–H and O–H groups in total. The lowest BCUT2D eigenvalue weighted by atomic mass is 10.1. The Hall–Kier alpha value is -6.08. The molecule has 0 aliphatic rings. The summed E-state index contributed by atoms with van der Waals surface area (Å²) < 4.78 is 40.2. The minimum Gasteiger partial charge on any atom is -0.490 e. The summed E-state index contributed by atoms with van der Waals surface area (Å²) >= 11 is 0. The van der Waals surface area contributed by atoms with Crippen LogP contribution in [0.4, 0.5) is 0 Å². The van der Waals surface area contributed by atoms with Gasteiger partial charge in [0, 0.05) is 33.4 Å². The van der Waals surface area contributed by atoms with Crippen molar-refractivity contribution in [1.82, 2.24) is 0 Å². The fraction of sp³-hybridized carbons (Fsp3) is 0.692. The van der Waals surface area contributed by atoms with Crippen molar-refractivity contribution >= 4 is 0 Å². The first-order valence-corrected chi connectivity index (χ1v) is 46.9. The number of hydrogen-bond acceptors (Lipinski definition) is 6. The van der Waals surface area contributed by atoms with E-state index in [1.807, 2.05) is 48.5 Å². The number of benzene rings is 4. The zero-order valence-electron chi connectivity index (χ0n) is 72.0. The number of ether oxygens (including phenoxy) is 6. The molecule has 0 aliphatic heterocycles. The minimum absolute atomic E-state index is 0.647. The quantitative estimate of drug-likeness (QED) is 0.0324. The SMILES string of the molecule is CCCCCCCCCCCCOc1cc(C#Cc2ccc(C#CC#Cc3ccc(C#Cc4cc(OCCCCCCCCCCCC)c(OCCCCCCCCCCCC)c(OCCCCCCCCCCCC)c4)cc3)cc2)cc(OCCCCCCCCCCCC)c1OCCCCCCCCCCCC. The molecule has 4 aromatic rings. The first kappa shape index (κ1) is 96.3. The van der Waals surface area contributed by atoms with Gasteiger partial charge in [-0.25, -0.2) is 0 Å². The number of unbranched alkanes of at least 4 members (excludes halogenated alkanes) is 54. The number of rotatable bonds is 72. The highest BCUT2D eigenvalue weighted by Crippen LogP contribution is 2.41. The second-order valence-corrected chi connectivity index (χ2v) is 31.9. The molecule has 0 fully saturated rings. The zero-order chi connectivity index (χ0) is 78.0. The molecule has 6 heteroatoms. The van der Waals surface area contributed by atoms with E-state index in [0.717, 1.165) is 106 Å². The van der Waals surface area contributed by atoms with Crippen LogP contribution < -0.4 is 28.4 Å². The summed E-state index contributed by atoms with van der Waals surface area (Å²) in [4.78, 5) is 0. The van der Waals surface area contributed by atoms with Crippen molar-refractivity contribution in [2.75, 3.05) is 39.6 Å². The van der Waals surface area contributed by atoms with Gasteiger partial charge in [-0.2, -0.15) is 0 Å². The Bertz CT molecular complexity index is 2750. The summed E-state index contributed by atoms with van der Waals surface area (Å²) in [6.07, 6.45) is 77.2. The van der Waals surface area contributed by atoms with Crippen LogP contribution in [0.15, 0.2) is 72.8 Å². The van der Waals surface area contributed by atoms with Crippen molar-refractivity contribution < 1.29 is 28.4 Å². The molecular formula is C104H162O6. The van der Waals surface area contributed by atoms with Crippen LogP contribution in [0, 0.1) is 47.4 Å². The molecule has 110 heavy (non-hydrogen) atoms. The fourth-order valence-corrected chi connectivity index (χ4v) is 14.4. The normalized spacial score (nSPS) is 10.9. The maximum Gasteiger partial charge on any atom is 0.203 e. The predicted molar refractivity (Wildman–Crippen MR) is 476 cm³/mol. The third-order valence-corrected chi connectivity index (χ3v) is 21.5. The maximum absolute atomic E-state index is 6.71. The van der Waals surface area contributed by atoms with Gasteiger partial charge >= 0.3 is 0 Å². The summed E-state index contributed by atoms with van der Waals surface area (Å²) in [5.41, 5.74) is 5.32. The highest BCUT2D eigenvalue weighted by Gasteiger charge is 2.18. The van der Waals surface area contributed by atoms with Gasteiger partial charge in [-0.3, -0.25) is 0 Å². The van der Waals surface area contributed by atoms with Crippen molar-refractivity contribution in [1.29, 1.82) is 0 Å². The number of hydrogen-bond donors (Lipinski definition) is 0. The molecule has 4 aromatic carbocycles. The third kappa shape index (κ3) is 52.3. The molecule has 4 rings (SSSR count). The van der Waals surface area contributed by atoms with Crippen LogP contribution in [-0.4, -0.2) is 39.6 Å². The average molecular weight is 1510 g/mol. The Morgan fingerprint density at radius 1 is 0.164 bits per heavy atom. The summed E-state index contributed by atoms with van der Waals surface area (Å²) in [7, 11) is 0. The van der Waals surface area contributed by atoms with E-state index in [9.17, 15) is 0 Å². The first-order chi connectivity index (χ1) is 54.5. The van der Waals surface area contributed by atoms with E-state index < -0.39 is 0 Å². The lowest BCUT2D eigenvalue weighted by Gasteiger charge is -2.18. The first-order valence-electron chi connectivity index (χ1n) is 46.9. The van der Waals surface area contributed by atoms with E-state index in [1.54, 1.807) is 0 Å². The molecule has 0 aromatic heterocycles. The molecule has 0 saturated carbocycles. The van der Waals surface area contributed by atoms with Gasteiger partial charge < -0.3 is 28.4 Å². The predicted octanol–water partition coefficient (Wildman–Crippen LogP) is 31.7. The van der Waals surface area contributed by atoms with Crippen molar-refractivity contribution in [2.24, 2.45) is 0 Å². The topological polar surface area (TPSA) is 55.4 Å². The molecule has 614 valence electrons. The van der Waals surface area contributed by atoms with Crippen LogP contribution in [0.5, 0.6) is 34.5 Å². The smallest absolute Gasteiger partial charge is 0.203 e. The molecule has 0 aliphatic carbocycles. The maximum atomic E-state index is 6.71. The summed E-state index contributed by atoms with van der Waals surface area (Å²) in [6.45, 7) is 17.6. The van der Waals surface area contributed by atoms with E-state index in [4.69, 9.17) is 28.4 Å². The molecule has 0 unspecified atom stereocenters. The minimum atomic E-state index is 0.647. The standard InChI is InChI=1S/C104H162O6/c1-7-13-19-25-31-37-43-49-55-63-83-105-99-89-97(90-100(106-84-64-56-50-44-38-32-26-20-14-8-2)103(99)109-87-67-59-53-47-41-35-29-23-17-11-5)81-79-95-75-71-93(72-76-95)69-61-62-70-94-73-77-96(78-74-94)80-82-98-91-101(107-85-65-57-51-45-39-33-27-21-15-9-3)104(110-88-68-60-54-48-42-36-30-24-18-12-6)102(92-98)108-86-66-58-52-46-40-34-28-22-16-10-4/h71-78,89-92H,7-60,63-68,83-88H2,1-6H3. The Morgan fingerprint density at radius 2 is 0.309 bits per heavy atom. The van der Waals surface area contributed by atoms with Crippen LogP contribution in [0.1, 0.15) is 460 Å². The molecule has 6 nitrogen and oxygen atoms in total. The van der Waals surface area contributed by atoms with E-state index in [0.29, 0.717) is 39.6 Å².